The molecular weight excluding hydrogens is 230 g/mol. The number of rotatable bonds is 5. The van der Waals surface area contributed by atoms with Crippen molar-refractivity contribution in [1.82, 2.24) is 9.97 Å². The van der Waals surface area contributed by atoms with E-state index in [1.54, 1.807) is 13.4 Å². The van der Waals surface area contributed by atoms with Gasteiger partial charge in [0.1, 0.15) is 24.5 Å². The van der Waals surface area contributed by atoms with E-state index in [1.807, 2.05) is 26.1 Å². The van der Waals surface area contributed by atoms with Crippen LogP contribution in [0, 0.1) is 6.92 Å². The molecule has 0 saturated carbocycles. The minimum atomic E-state index is 0.533. The predicted octanol–water partition coefficient (Wildman–Crippen LogP) is 2.01. The number of ether oxygens (including phenoxy) is 2. The maximum Gasteiger partial charge on any atom is 0.137 e. The van der Waals surface area contributed by atoms with Crippen molar-refractivity contribution in [3.63, 3.8) is 0 Å². The Labute approximate surface area is 106 Å². The Morgan fingerprint density at radius 1 is 1.22 bits per heavy atom. The molecule has 0 unspecified atom stereocenters. The zero-order valence-corrected chi connectivity index (χ0v) is 10.9. The first-order chi connectivity index (χ1) is 8.76. The van der Waals surface area contributed by atoms with Gasteiger partial charge in [-0.3, -0.25) is 0 Å². The quantitative estimate of drug-likeness (QED) is 0.819. The van der Waals surface area contributed by atoms with E-state index in [-0.39, 0.29) is 0 Å². The minimum Gasteiger partial charge on any atom is -0.491 e. The summed E-state index contributed by atoms with van der Waals surface area (Å²) in [5.74, 6) is 1.64. The molecule has 0 amide bonds. The number of fused-ring (bicyclic) bond motifs is 1. The van der Waals surface area contributed by atoms with E-state index in [0.29, 0.717) is 13.2 Å². The Morgan fingerprint density at radius 3 is 2.78 bits per heavy atom. The Kier molecular flexibility index (Phi) is 3.94. The number of methoxy groups -OCH3 is 1. The average molecular weight is 247 g/mol. The van der Waals surface area contributed by atoms with E-state index < -0.39 is 0 Å². The summed E-state index contributed by atoms with van der Waals surface area (Å²) in [6, 6.07) is 3.96. The molecule has 5 heteroatoms. The van der Waals surface area contributed by atoms with Crippen LogP contribution in [0.5, 0.6) is 5.75 Å². The second-order valence-corrected chi connectivity index (χ2v) is 3.95. The average Bonchev–Trinajstić information content (AvgIpc) is 2.39. The number of aryl methyl sites for hydroxylation is 1. The van der Waals surface area contributed by atoms with Crippen LogP contribution in [-0.2, 0) is 4.74 Å². The van der Waals surface area contributed by atoms with Gasteiger partial charge in [0, 0.05) is 19.5 Å². The van der Waals surface area contributed by atoms with Crippen LogP contribution < -0.4 is 10.1 Å². The third-order valence-corrected chi connectivity index (χ3v) is 2.71. The van der Waals surface area contributed by atoms with Gasteiger partial charge in [-0.05, 0) is 24.6 Å². The summed E-state index contributed by atoms with van der Waals surface area (Å²) in [7, 11) is 3.50. The first-order valence-corrected chi connectivity index (χ1v) is 5.81. The molecule has 1 aromatic heterocycles. The molecule has 0 aliphatic rings. The number of nitrogens with zero attached hydrogens (tertiary/aromatic N) is 2. The standard InChI is InChI=1S/C13H17N3O2/c1-9-6-11-10(13(14-2)16-8-15-11)7-12(9)18-5-4-17-3/h6-8H,4-5H2,1-3H3,(H,14,15,16). The number of hydrogen-bond acceptors (Lipinski definition) is 5. The highest BCUT2D eigenvalue weighted by molar-refractivity contribution is 5.90. The number of nitrogens with one attached hydrogen (secondary N) is 1. The molecular formula is C13H17N3O2. The van der Waals surface area contributed by atoms with Crippen molar-refractivity contribution in [2.24, 2.45) is 0 Å². The SMILES string of the molecule is CNc1ncnc2cc(C)c(OCCOC)cc12. The zero-order chi connectivity index (χ0) is 13.0. The maximum atomic E-state index is 5.68. The summed E-state index contributed by atoms with van der Waals surface area (Å²) in [6.45, 7) is 3.11. The van der Waals surface area contributed by atoms with Crippen molar-refractivity contribution in [1.29, 1.82) is 0 Å². The monoisotopic (exact) mass is 247 g/mol. The summed E-state index contributed by atoms with van der Waals surface area (Å²) < 4.78 is 10.7. The Bertz CT molecular complexity index is 543. The molecule has 1 N–H and O–H groups in total. The fourth-order valence-electron chi connectivity index (χ4n) is 1.78. The van der Waals surface area contributed by atoms with Gasteiger partial charge >= 0.3 is 0 Å². The van der Waals surface area contributed by atoms with Gasteiger partial charge in [-0.15, -0.1) is 0 Å². The Morgan fingerprint density at radius 2 is 2.06 bits per heavy atom. The van der Waals surface area contributed by atoms with Gasteiger partial charge in [0.15, 0.2) is 0 Å². The molecule has 2 aromatic rings. The lowest BCUT2D eigenvalue weighted by Crippen LogP contribution is -2.05. The molecule has 96 valence electrons. The van der Waals surface area contributed by atoms with Crippen molar-refractivity contribution >= 4 is 16.7 Å². The smallest absolute Gasteiger partial charge is 0.137 e. The summed E-state index contributed by atoms with van der Waals surface area (Å²) in [5.41, 5.74) is 1.96. The fourth-order valence-corrected chi connectivity index (χ4v) is 1.78. The lowest BCUT2D eigenvalue weighted by atomic mass is 10.1. The molecule has 0 bridgehead atoms. The highest BCUT2D eigenvalue weighted by atomic mass is 16.5. The van der Waals surface area contributed by atoms with Crippen LogP contribution in [0.4, 0.5) is 5.82 Å². The number of aromatic nitrogens is 2. The first-order valence-electron chi connectivity index (χ1n) is 5.81. The summed E-state index contributed by atoms with van der Waals surface area (Å²) in [6.07, 6.45) is 1.55. The van der Waals surface area contributed by atoms with Gasteiger partial charge in [-0.2, -0.15) is 0 Å². The number of anilines is 1. The van der Waals surface area contributed by atoms with Crippen molar-refractivity contribution in [3.05, 3.63) is 24.0 Å². The highest BCUT2D eigenvalue weighted by Crippen LogP contribution is 2.27. The Hall–Kier alpha value is -1.88. The molecule has 5 nitrogen and oxygen atoms in total. The topological polar surface area (TPSA) is 56.3 Å². The second kappa shape index (κ2) is 5.64. The lowest BCUT2D eigenvalue weighted by molar-refractivity contribution is 0.146. The van der Waals surface area contributed by atoms with Crippen LogP contribution in [0.3, 0.4) is 0 Å². The van der Waals surface area contributed by atoms with E-state index in [4.69, 9.17) is 9.47 Å². The molecule has 0 aliphatic carbocycles. The molecule has 0 aliphatic heterocycles. The lowest BCUT2D eigenvalue weighted by Gasteiger charge is -2.11. The Balaban J connectivity index is 2.39. The largest absolute Gasteiger partial charge is 0.491 e. The van der Waals surface area contributed by atoms with Gasteiger partial charge in [-0.1, -0.05) is 0 Å². The first kappa shape index (κ1) is 12.6. The summed E-state index contributed by atoms with van der Waals surface area (Å²) in [4.78, 5) is 8.45. The van der Waals surface area contributed by atoms with Crippen LogP contribution in [0.2, 0.25) is 0 Å². The fraction of sp³-hybridized carbons (Fsp3) is 0.385. The van der Waals surface area contributed by atoms with E-state index in [2.05, 4.69) is 15.3 Å². The van der Waals surface area contributed by atoms with Gasteiger partial charge in [0.05, 0.1) is 12.1 Å². The van der Waals surface area contributed by atoms with Crippen LogP contribution in [0.15, 0.2) is 18.5 Å². The van der Waals surface area contributed by atoms with Crippen molar-refractivity contribution in [2.75, 3.05) is 32.7 Å². The van der Waals surface area contributed by atoms with Gasteiger partial charge in [-0.25, -0.2) is 9.97 Å². The van der Waals surface area contributed by atoms with Crippen molar-refractivity contribution < 1.29 is 9.47 Å². The van der Waals surface area contributed by atoms with Crippen LogP contribution >= 0.6 is 0 Å². The number of benzene rings is 1. The molecule has 0 fully saturated rings. The van der Waals surface area contributed by atoms with Gasteiger partial charge in [0.2, 0.25) is 0 Å². The zero-order valence-electron chi connectivity index (χ0n) is 10.9. The van der Waals surface area contributed by atoms with Crippen molar-refractivity contribution in [2.45, 2.75) is 6.92 Å². The van der Waals surface area contributed by atoms with Crippen molar-refractivity contribution in [3.8, 4) is 5.75 Å². The molecule has 0 saturated heterocycles. The molecule has 0 radical (unpaired) electrons. The predicted molar refractivity (Wildman–Crippen MR) is 71.2 cm³/mol. The molecule has 18 heavy (non-hydrogen) atoms. The third kappa shape index (κ3) is 2.51. The number of hydrogen-bond donors (Lipinski definition) is 1. The third-order valence-electron chi connectivity index (χ3n) is 2.71. The summed E-state index contributed by atoms with van der Waals surface area (Å²) >= 11 is 0. The second-order valence-electron chi connectivity index (χ2n) is 3.95. The van der Waals surface area contributed by atoms with Gasteiger partial charge in [0.25, 0.3) is 0 Å². The normalized spacial score (nSPS) is 10.6. The van der Waals surface area contributed by atoms with Crippen LogP contribution in [0.25, 0.3) is 10.9 Å². The van der Waals surface area contributed by atoms with Crippen LogP contribution in [-0.4, -0.2) is 37.3 Å². The summed E-state index contributed by atoms with van der Waals surface area (Å²) in [5, 5.41) is 4.01. The molecule has 1 heterocycles. The maximum absolute atomic E-state index is 5.68. The van der Waals surface area contributed by atoms with Gasteiger partial charge < -0.3 is 14.8 Å². The minimum absolute atomic E-state index is 0.533. The van der Waals surface area contributed by atoms with E-state index in [0.717, 1.165) is 28.0 Å². The van der Waals surface area contributed by atoms with Crippen LogP contribution in [0.1, 0.15) is 5.56 Å². The van der Waals surface area contributed by atoms with E-state index in [9.17, 15) is 0 Å². The molecule has 1 aromatic carbocycles. The molecule has 0 spiro atoms. The van der Waals surface area contributed by atoms with E-state index >= 15 is 0 Å². The molecule has 0 atom stereocenters. The van der Waals surface area contributed by atoms with E-state index in [1.165, 1.54) is 0 Å². The molecule has 2 rings (SSSR count). The highest BCUT2D eigenvalue weighted by Gasteiger charge is 2.07.